The number of likely N-dealkylation sites (tertiary alicyclic amines) is 2. The van der Waals surface area contributed by atoms with Gasteiger partial charge in [-0.1, -0.05) is 83.1 Å². The van der Waals surface area contributed by atoms with Gasteiger partial charge in [0.25, 0.3) is 0 Å². The molecule has 0 aromatic carbocycles. The first-order chi connectivity index (χ1) is 38.8. The largest absolute Gasteiger partial charge is 0.394 e. The molecule has 0 saturated carbocycles. The van der Waals surface area contributed by atoms with E-state index in [1.807, 2.05) is 55.4 Å². The number of hydrogen-bond acceptors (Lipinski definition) is 13. The molecular weight excluding hydrogens is 1080 g/mol. The van der Waals surface area contributed by atoms with Crippen molar-refractivity contribution in [2.24, 2.45) is 41.2 Å². The van der Waals surface area contributed by atoms with E-state index >= 15 is 0 Å². The maximum atomic E-state index is 14.5. The SMILES string of the molecule is CC(=O)N[C@H](C(=O)N[C@@H](CCC(N)=O)C(=O)N[C@@H](CC(C)C)C(=O)N[C@H](C(=O)NC(C)(C)C(=O)N1CCC[C@H]1C(=O)N[C@@H](CC(C)C)C(=O)N[C@@H](CC(C)C)C(=O)NC(C)(C)C(=O)N1CCC[C@H]1C(=O)N[C@@H](CO)CC(C)C)C(C)C)C(C)C. The van der Waals surface area contributed by atoms with Gasteiger partial charge in [-0.2, -0.15) is 0 Å². The van der Waals surface area contributed by atoms with Crippen molar-refractivity contribution in [3.8, 4) is 0 Å². The number of primary amides is 1. The summed E-state index contributed by atoms with van der Waals surface area (Å²) in [5.41, 5.74) is 2.23. The minimum atomic E-state index is -1.65. The number of nitrogens with two attached hydrogens (primary N) is 1. The van der Waals surface area contributed by atoms with Crippen LogP contribution in [0.25, 0.3) is 0 Å². The fraction of sp³-hybridized carbons (Fsp3) is 0.797. The van der Waals surface area contributed by atoms with Crippen molar-refractivity contribution in [2.75, 3.05) is 19.7 Å². The molecule has 2 aliphatic heterocycles. The van der Waals surface area contributed by atoms with Crippen molar-refractivity contribution in [2.45, 2.75) is 247 Å². The standard InChI is InChI=1S/C59H104N12O13/c1-31(2)26-38(30-72)62-52(79)43-20-18-24-70(43)56(83)58(14,15)68-51(78)42(29-34(7)8)65-49(76)40(27-32(3)4)66-53(80)44-21-19-25-71(44)57(84)59(16,17)69-55(82)47(36(11)12)67-50(77)41(28-33(5)6)64-48(75)39(22-23-45(60)74)63-54(81)46(35(9)10)61-37(13)73/h31-36,38-44,46-47,72H,18-30H2,1-17H3,(H2,60,74)(H,61,73)(H,62,79)(H,63,81)(H,64,75)(H,65,76)(H,66,80)(H,67,77)(H,68,78)(H,69,82)/t38-,39+,40+,41+,42+,43+,44+,46+,47+/m1/s1. The predicted octanol–water partition coefficient (Wildman–Crippen LogP) is 0.926. The normalized spacial score (nSPS) is 18.1. The third kappa shape index (κ3) is 23.2. The number of nitrogens with zero attached hydrogens (tertiary/aromatic N) is 2. The quantitative estimate of drug-likeness (QED) is 0.0436. The van der Waals surface area contributed by atoms with E-state index in [9.17, 15) is 62.6 Å². The van der Waals surface area contributed by atoms with E-state index in [0.29, 0.717) is 25.7 Å². The number of rotatable bonds is 33. The fourth-order valence-corrected chi connectivity index (χ4v) is 10.5. The molecule has 0 radical (unpaired) electrons. The summed E-state index contributed by atoms with van der Waals surface area (Å²) in [7, 11) is 0. The monoisotopic (exact) mass is 1190 g/mol. The molecular formula is C59H104N12O13. The van der Waals surface area contributed by atoms with E-state index < -0.39 is 136 Å². The molecule has 9 atom stereocenters. The molecule has 25 heteroatoms. The number of nitrogens with one attached hydrogen (secondary N) is 9. The summed E-state index contributed by atoms with van der Waals surface area (Å²) in [4.78, 5) is 167. The van der Waals surface area contributed by atoms with Crippen LogP contribution in [0.3, 0.4) is 0 Å². The van der Waals surface area contributed by atoms with Gasteiger partial charge in [0, 0.05) is 26.4 Å². The number of carbonyl (C=O) groups excluding carboxylic acids is 12. The molecule has 0 spiro atoms. The Morgan fingerprint density at radius 1 is 0.476 bits per heavy atom. The lowest BCUT2D eigenvalue weighted by Gasteiger charge is -2.36. The smallest absolute Gasteiger partial charge is 0.248 e. The second kappa shape index (κ2) is 33.3. The zero-order valence-corrected chi connectivity index (χ0v) is 53.2. The lowest BCUT2D eigenvalue weighted by atomic mass is 9.97. The highest BCUT2D eigenvalue weighted by Crippen LogP contribution is 2.25. The summed E-state index contributed by atoms with van der Waals surface area (Å²) in [6.45, 7) is 29.1. The van der Waals surface area contributed by atoms with Crippen molar-refractivity contribution in [3.05, 3.63) is 0 Å². The summed E-state index contributed by atoms with van der Waals surface area (Å²) in [6, 6.07) is -9.49. The molecule has 12 N–H and O–H groups in total. The van der Waals surface area contributed by atoms with Crippen LogP contribution in [0, 0.1) is 35.5 Å². The van der Waals surface area contributed by atoms with Gasteiger partial charge in [0.2, 0.25) is 70.9 Å². The van der Waals surface area contributed by atoms with E-state index in [1.165, 1.54) is 44.4 Å². The van der Waals surface area contributed by atoms with Crippen LogP contribution >= 0.6 is 0 Å². The summed E-state index contributed by atoms with van der Waals surface area (Å²) < 4.78 is 0. The first-order valence-corrected chi connectivity index (χ1v) is 30.1. The lowest BCUT2D eigenvalue weighted by molar-refractivity contribution is -0.146. The minimum Gasteiger partial charge on any atom is -0.394 e. The Bertz CT molecular complexity index is 2320. The number of aliphatic hydroxyl groups is 1. The van der Waals surface area contributed by atoms with Crippen LogP contribution in [0.2, 0.25) is 0 Å². The van der Waals surface area contributed by atoms with Gasteiger partial charge in [0.15, 0.2) is 0 Å². The Hall–Kier alpha value is -6.40. The maximum absolute atomic E-state index is 14.5. The van der Waals surface area contributed by atoms with Crippen molar-refractivity contribution in [1.29, 1.82) is 0 Å². The number of hydrogen-bond donors (Lipinski definition) is 11. The molecule has 12 amide bonds. The first-order valence-electron chi connectivity index (χ1n) is 30.1. The Morgan fingerprint density at radius 2 is 0.845 bits per heavy atom. The zero-order chi connectivity index (χ0) is 64.3. The number of carbonyl (C=O) groups is 12. The molecule has 84 heavy (non-hydrogen) atoms. The molecule has 0 bridgehead atoms. The van der Waals surface area contributed by atoms with Crippen LogP contribution in [-0.2, 0) is 57.5 Å². The topological polar surface area (TPSA) is 366 Å². The Labute approximate surface area is 497 Å². The van der Waals surface area contributed by atoms with Gasteiger partial charge < -0.3 is 68.5 Å². The Balaban J connectivity index is 2.30. The summed E-state index contributed by atoms with van der Waals surface area (Å²) in [6.07, 6.45) is 2.06. The van der Waals surface area contributed by atoms with E-state index in [4.69, 9.17) is 5.73 Å². The number of aliphatic hydroxyl groups excluding tert-OH is 1. The predicted molar refractivity (Wildman–Crippen MR) is 316 cm³/mol. The lowest BCUT2D eigenvalue weighted by Crippen LogP contribution is -2.64. The van der Waals surface area contributed by atoms with Gasteiger partial charge in [0.05, 0.1) is 12.6 Å². The second-order valence-corrected chi connectivity index (χ2v) is 26.4. The van der Waals surface area contributed by atoms with Crippen LogP contribution in [0.5, 0.6) is 0 Å². The van der Waals surface area contributed by atoms with Crippen molar-refractivity contribution >= 4 is 70.9 Å². The van der Waals surface area contributed by atoms with Crippen LogP contribution in [-0.4, -0.2) is 171 Å². The van der Waals surface area contributed by atoms with E-state index in [2.05, 4.69) is 47.9 Å². The van der Waals surface area contributed by atoms with Crippen LogP contribution < -0.4 is 53.6 Å². The number of amides is 12. The van der Waals surface area contributed by atoms with Crippen molar-refractivity contribution in [3.63, 3.8) is 0 Å². The third-order valence-corrected chi connectivity index (χ3v) is 14.8. The van der Waals surface area contributed by atoms with Crippen molar-refractivity contribution < 1.29 is 62.6 Å². The van der Waals surface area contributed by atoms with Gasteiger partial charge in [-0.15, -0.1) is 0 Å². The first kappa shape index (κ1) is 73.7. The zero-order valence-electron chi connectivity index (χ0n) is 53.2. The molecule has 2 fully saturated rings. The van der Waals surface area contributed by atoms with Gasteiger partial charge in [-0.3, -0.25) is 57.5 Å². The molecule has 0 unspecified atom stereocenters. The molecule has 0 aliphatic carbocycles. The maximum Gasteiger partial charge on any atom is 0.248 e. The fourth-order valence-electron chi connectivity index (χ4n) is 10.5. The van der Waals surface area contributed by atoms with E-state index in [0.717, 1.165) is 0 Å². The molecule has 2 saturated heterocycles. The summed E-state index contributed by atoms with van der Waals surface area (Å²) in [5, 5.41) is 34.5. The third-order valence-electron chi connectivity index (χ3n) is 14.8. The van der Waals surface area contributed by atoms with Crippen molar-refractivity contribution in [1.82, 2.24) is 57.7 Å². The highest BCUT2D eigenvalue weighted by Gasteiger charge is 2.46. The molecule has 2 rings (SSSR count). The van der Waals surface area contributed by atoms with Gasteiger partial charge >= 0.3 is 0 Å². The minimum absolute atomic E-state index is 0.0907. The van der Waals surface area contributed by atoms with Crippen LogP contribution in [0.15, 0.2) is 0 Å². The average molecular weight is 1190 g/mol. The van der Waals surface area contributed by atoms with Gasteiger partial charge in [-0.05, 0) is 121 Å². The molecule has 0 aromatic heterocycles. The van der Waals surface area contributed by atoms with E-state index in [-0.39, 0.29) is 93.7 Å². The molecule has 25 nitrogen and oxygen atoms in total. The summed E-state index contributed by atoms with van der Waals surface area (Å²) >= 11 is 0. The van der Waals surface area contributed by atoms with E-state index in [1.54, 1.807) is 27.7 Å². The highest BCUT2D eigenvalue weighted by molar-refractivity contribution is 6.00. The second-order valence-electron chi connectivity index (χ2n) is 26.4. The molecule has 2 aliphatic rings. The molecule has 2 heterocycles. The van der Waals surface area contributed by atoms with Gasteiger partial charge in [-0.25, -0.2) is 0 Å². The molecule has 478 valence electrons. The molecule has 0 aromatic rings. The summed E-state index contributed by atoms with van der Waals surface area (Å²) in [5.74, 6) is -8.78. The Morgan fingerprint density at radius 3 is 1.25 bits per heavy atom. The Kier molecular flexibility index (Phi) is 29.2. The van der Waals surface area contributed by atoms with Gasteiger partial charge in [0.1, 0.15) is 59.4 Å². The average Bonchev–Trinajstić information content (AvgIpc) is 4.28. The van der Waals surface area contributed by atoms with Crippen LogP contribution in [0.4, 0.5) is 0 Å². The van der Waals surface area contributed by atoms with Crippen LogP contribution in [0.1, 0.15) is 182 Å². The highest BCUT2D eigenvalue weighted by atomic mass is 16.3.